The average Bonchev–Trinajstić information content (AvgIpc) is 3.60. The van der Waals surface area contributed by atoms with Crippen LogP contribution in [0.1, 0.15) is 18.3 Å². The van der Waals surface area contributed by atoms with Crippen LogP contribution < -0.4 is 20.1 Å². The summed E-state index contributed by atoms with van der Waals surface area (Å²) in [6.07, 6.45) is 3.13. The van der Waals surface area contributed by atoms with E-state index in [1.165, 1.54) is 29.2 Å². The summed E-state index contributed by atoms with van der Waals surface area (Å²) in [6.45, 7) is 2.75. The number of benzene rings is 2. The topological polar surface area (TPSA) is 120 Å². The van der Waals surface area contributed by atoms with Crippen molar-refractivity contribution in [1.82, 2.24) is 25.1 Å². The number of anilines is 1. The number of amides is 2. The summed E-state index contributed by atoms with van der Waals surface area (Å²) in [7, 11) is 3.13. The predicted molar refractivity (Wildman–Crippen MR) is 153 cm³/mol. The van der Waals surface area contributed by atoms with Crippen LogP contribution >= 0.6 is 23.1 Å². The number of hydrogen-bond donors (Lipinski definition) is 2. The molecule has 0 aliphatic carbocycles. The van der Waals surface area contributed by atoms with E-state index in [2.05, 4.69) is 25.8 Å². The molecular weight excluding hydrogens is 536 g/mol. The minimum absolute atomic E-state index is 0.152. The maximum Gasteiger partial charge on any atom is 0.244 e. The Kier molecular flexibility index (Phi) is 9.70. The quantitative estimate of drug-likeness (QED) is 0.191. The summed E-state index contributed by atoms with van der Waals surface area (Å²) >= 11 is 2.65. The lowest BCUT2D eigenvalue weighted by atomic mass is 10.2. The lowest BCUT2D eigenvalue weighted by Gasteiger charge is -2.08. The average molecular weight is 565 g/mol. The van der Waals surface area contributed by atoms with E-state index in [1.54, 1.807) is 32.4 Å². The summed E-state index contributed by atoms with van der Waals surface area (Å²) < 4.78 is 12.4. The summed E-state index contributed by atoms with van der Waals surface area (Å²) in [4.78, 5) is 29.4. The number of rotatable bonds is 12. The maximum absolute atomic E-state index is 12.5. The van der Waals surface area contributed by atoms with Crippen LogP contribution in [0.5, 0.6) is 11.5 Å². The smallest absolute Gasteiger partial charge is 0.244 e. The number of aromatic nitrogens is 4. The summed E-state index contributed by atoms with van der Waals surface area (Å²) in [5.74, 6) is 1.49. The molecule has 0 bridgehead atoms. The highest BCUT2D eigenvalue weighted by atomic mass is 32.2. The molecule has 4 aromatic rings. The molecule has 0 aliphatic heterocycles. The number of carbonyl (C=O) groups excluding carboxylic acids is 2. The van der Waals surface area contributed by atoms with Crippen LogP contribution in [-0.4, -0.2) is 51.5 Å². The number of thiazole rings is 1. The highest BCUT2D eigenvalue weighted by Gasteiger charge is 2.15. The molecule has 10 nitrogen and oxygen atoms in total. The Morgan fingerprint density at radius 3 is 2.62 bits per heavy atom. The van der Waals surface area contributed by atoms with Gasteiger partial charge in [-0.2, -0.15) is 0 Å². The SMILES string of the molecule is CCn1c(CNC(=O)/C=C/c2ccc(OC)c(OC)c2)nnc1SCC(=O)Nc1nc(-c2ccccc2)cs1. The minimum Gasteiger partial charge on any atom is -0.493 e. The number of nitrogens with one attached hydrogen (secondary N) is 2. The van der Waals surface area contributed by atoms with Gasteiger partial charge in [0.05, 0.1) is 32.2 Å². The second-order valence-electron chi connectivity index (χ2n) is 8.05. The van der Waals surface area contributed by atoms with Crippen molar-refractivity contribution in [2.45, 2.75) is 25.2 Å². The van der Waals surface area contributed by atoms with Gasteiger partial charge in [-0.1, -0.05) is 48.2 Å². The van der Waals surface area contributed by atoms with Gasteiger partial charge in [0.25, 0.3) is 0 Å². The van der Waals surface area contributed by atoms with Gasteiger partial charge in [0.15, 0.2) is 27.6 Å². The zero-order chi connectivity index (χ0) is 27.6. The summed E-state index contributed by atoms with van der Waals surface area (Å²) in [5, 5.41) is 17.1. The van der Waals surface area contributed by atoms with Crippen LogP contribution in [-0.2, 0) is 22.7 Å². The van der Waals surface area contributed by atoms with Crippen molar-refractivity contribution in [2.75, 3.05) is 25.3 Å². The van der Waals surface area contributed by atoms with E-state index in [9.17, 15) is 9.59 Å². The third-order valence-corrected chi connectivity index (χ3v) is 7.24. The van der Waals surface area contributed by atoms with Crippen molar-refractivity contribution in [3.63, 3.8) is 0 Å². The van der Waals surface area contributed by atoms with Gasteiger partial charge in [-0.25, -0.2) is 4.98 Å². The molecule has 12 heteroatoms. The summed E-state index contributed by atoms with van der Waals surface area (Å²) in [5.41, 5.74) is 2.61. The van der Waals surface area contributed by atoms with E-state index in [0.717, 1.165) is 16.8 Å². The van der Waals surface area contributed by atoms with Gasteiger partial charge in [-0.05, 0) is 30.7 Å². The Labute approximate surface area is 234 Å². The lowest BCUT2D eigenvalue weighted by molar-refractivity contribution is -0.116. The first-order valence-electron chi connectivity index (χ1n) is 12.0. The van der Waals surface area contributed by atoms with E-state index >= 15 is 0 Å². The highest BCUT2D eigenvalue weighted by molar-refractivity contribution is 7.99. The van der Waals surface area contributed by atoms with Gasteiger partial charge >= 0.3 is 0 Å². The Balaban J connectivity index is 1.28. The van der Waals surface area contributed by atoms with E-state index < -0.39 is 0 Å². The third kappa shape index (κ3) is 7.45. The van der Waals surface area contributed by atoms with Gasteiger partial charge in [-0.15, -0.1) is 21.5 Å². The molecule has 0 saturated heterocycles. The molecule has 2 aromatic heterocycles. The molecule has 202 valence electrons. The number of carbonyl (C=O) groups is 2. The van der Waals surface area contributed by atoms with E-state index in [0.29, 0.717) is 34.2 Å². The van der Waals surface area contributed by atoms with Crippen molar-refractivity contribution in [3.05, 3.63) is 71.4 Å². The van der Waals surface area contributed by atoms with Crippen LogP contribution in [0.2, 0.25) is 0 Å². The second-order valence-corrected chi connectivity index (χ2v) is 9.85. The van der Waals surface area contributed by atoms with Crippen molar-refractivity contribution < 1.29 is 19.1 Å². The maximum atomic E-state index is 12.5. The number of hydrogen-bond acceptors (Lipinski definition) is 9. The Morgan fingerprint density at radius 1 is 1.08 bits per heavy atom. The van der Waals surface area contributed by atoms with E-state index in [4.69, 9.17) is 9.47 Å². The largest absolute Gasteiger partial charge is 0.493 e. The van der Waals surface area contributed by atoms with Crippen LogP contribution in [0.4, 0.5) is 5.13 Å². The Hall–Kier alpha value is -4.16. The Morgan fingerprint density at radius 2 is 1.87 bits per heavy atom. The molecule has 2 heterocycles. The van der Waals surface area contributed by atoms with Gasteiger partial charge in [-0.3, -0.25) is 9.59 Å². The number of methoxy groups -OCH3 is 2. The molecule has 0 radical (unpaired) electrons. The molecule has 4 rings (SSSR count). The van der Waals surface area contributed by atoms with Crippen LogP contribution in [0, 0.1) is 0 Å². The molecule has 0 saturated carbocycles. The van der Waals surface area contributed by atoms with Gasteiger partial charge in [0, 0.05) is 23.6 Å². The van der Waals surface area contributed by atoms with Crippen LogP contribution in [0.15, 0.2) is 65.1 Å². The fourth-order valence-electron chi connectivity index (χ4n) is 3.59. The van der Waals surface area contributed by atoms with E-state index in [1.807, 2.05) is 53.3 Å². The predicted octanol–water partition coefficient (Wildman–Crippen LogP) is 4.50. The molecular formula is C27H28N6O4S2. The third-order valence-electron chi connectivity index (χ3n) is 5.52. The first-order valence-corrected chi connectivity index (χ1v) is 13.9. The number of nitrogens with zero attached hydrogens (tertiary/aromatic N) is 4. The first-order chi connectivity index (χ1) is 19.0. The fraction of sp³-hybridized carbons (Fsp3) is 0.222. The molecule has 0 unspecified atom stereocenters. The van der Waals surface area contributed by atoms with Gasteiger partial charge in [0.2, 0.25) is 11.8 Å². The molecule has 2 N–H and O–H groups in total. The molecule has 2 aromatic carbocycles. The number of thioether (sulfide) groups is 1. The molecule has 0 spiro atoms. The van der Waals surface area contributed by atoms with Crippen LogP contribution in [0.25, 0.3) is 17.3 Å². The van der Waals surface area contributed by atoms with Gasteiger partial charge in [0.1, 0.15) is 0 Å². The second kappa shape index (κ2) is 13.6. The minimum atomic E-state index is -0.276. The lowest BCUT2D eigenvalue weighted by Crippen LogP contribution is -2.22. The van der Waals surface area contributed by atoms with Crippen molar-refractivity contribution in [1.29, 1.82) is 0 Å². The molecule has 39 heavy (non-hydrogen) atoms. The Bertz CT molecular complexity index is 1450. The standard InChI is InChI=1S/C27H28N6O4S2/c1-4-33-23(15-28-24(34)13-11-18-10-12-21(36-2)22(14-18)37-3)31-32-27(33)39-17-25(35)30-26-29-20(16-38-26)19-8-6-5-7-9-19/h5-14,16H,4,15,17H2,1-3H3,(H,28,34)(H,29,30,35)/b13-11+. The van der Waals surface area contributed by atoms with Crippen molar-refractivity contribution in [2.24, 2.45) is 0 Å². The highest BCUT2D eigenvalue weighted by Crippen LogP contribution is 2.28. The van der Waals surface area contributed by atoms with Crippen LogP contribution in [0.3, 0.4) is 0 Å². The number of ether oxygens (including phenoxy) is 2. The first kappa shape index (κ1) is 27.9. The monoisotopic (exact) mass is 564 g/mol. The zero-order valence-corrected chi connectivity index (χ0v) is 23.3. The molecule has 0 fully saturated rings. The zero-order valence-electron chi connectivity index (χ0n) is 21.7. The van der Waals surface area contributed by atoms with Crippen molar-refractivity contribution in [3.8, 4) is 22.8 Å². The fourth-order valence-corrected chi connectivity index (χ4v) is 5.14. The molecule has 2 amide bonds. The molecule has 0 atom stereocenters. The van der Waals surface area contributed by atoms with Crippen molar-refractivity contribution >= 4 is 46.1 Å². The van der Waals surface area contributed by atoms with E-state index in [-0.39, 0.29) is 24.1 Å². The van der Waals surface area contributed by atoms with Gasteiger partial charge < -0.3 is 24.7 Å². The summed E-state index contributed by atoms with van der Waals surface area (Å²) in [6, 6.07) is 15.2. The molecule has 0 aliphatic rings. The normalized spacial score (nSPS) is 10.9.